The van der Waals surface area contributed by atoms with E-state index < -0.39 is 17.8 Å². The first-order valence-electron chi connectivity index (χ1n) is 5.68. The summed E-state index contributed by atoms with van der Waals surface area (Å²) < 4.78 is 42.2. The highest BCUT2D eigenvalue weighted by molar-refractivity contribution is 5.90. The van der Waals surface area contributed by atoms with Crippen molar-refractivity contribution in [1.29, 1.82) is 0 Å². The first kappa shape index (κ1) is 14.8. The van der Waals surface area contributed by atoms with Gasteiger partial charge in [-0.15, -0.1) is 5.10 Å². The van der Waals surface area contributed by atoms with Gasteiger partial charge in [-0.25, -0.2) is 10.1 Å². The molecule has 2 N–H and O–H groups in total. The van der Waals surface area contributed by atoms with Crippen molar-refractivity contribution in [3.8, 4) is 6.01 Å². The molecule has 0 aliphatic heterocycles. The van der Waals surface area contributed by atoms with Crippen LogP contribution in [-0.2, 0) is 17.4 Å². The molecule has 2 heterocycles. The van der Waals surface area contributed by atoms with E-state index >= 15 is 0 Å². The lowest BCUT2D eigenvalue weighted by atomic mass is 10.2. The summed E-state index contributed by atoms with van der Waals surface area (Å²) in [5.74, 6) is -0.551. The van der Waals surface area contributed by atoms with Crippen molar-refractivity contribution in [2.24, 2.45) is 0 Å². The summed E-state index contributed by atoms with van der Waals surface area (Å²) in [5, 5.41) is 8.33. The van der Waals surface area contributed by atoms with Crippen LogP contribution in [0.4, 0.5) is 19.1 Å². The minimum atomic E-state index is -4.55. The third-order valence-corrected chi connectivity index (χ3v) is 2.34. The summed E-state index contributed by atoms with van der Waals surface area (Å²) in [6.07, 6.45) is -4.88. The number of halogens is 3. The monoisotopic (exact) mass is 301 g/mol. The molecule has 0 fully saturated rings. The zero-order valence-electron chi connectivity index (χ0n) is 10.7. The molecule has 7 nitrogen and oxygen atoms in total. The highest BCUT2D eigenvalue weighted by atomic mass is 19.4. The number of aromatic nitrogens is 4. The van der Waals surface area contributed by atoms with Gasteiger partial charge in [-0.3, -0.25) is 10.1 Å². The maximum absolute atomic E-state index is 12.5. The van der Waals surface area contributed by atoms with Crippen molar-refractivity contribution in [3.05, 3.63) is 29.6 Å². The van der Waals surface area contributed by atoms with Gasteiger partial charge in [0.05, 0.1) is 19.2 Å². The number of rotatable bonds is 4. The molecule has 0 unspecified atom stereocenters. The van der Waals surface area contributed by atoms with Gasteiger partial charge in [-0.1, -0.05) is 6.07 Å². The normalized spacial score (nSPS) is 11.2. The number of carbonyl (C=O) groups is 1. The molecule has 0 aromatic carbocycles. The molecule has 0 aliphatic rings. The zero-order valence-corrected chi connectivity index (χ0v) is 10.7. The molecule has 1 amide bonds. The number of aromatic amines is 1. The number of H-pyrrole nitrogens is 1. The summed E-state index contributed by atoms with van der Waals surface area (Å²) in [5.41, 5.74) is -1.05. The highest BCUT2D eigenvalue weighted by Gasteiger charge is 2.32. The summed E-state index contributed by atoms with van der Waals surface area (Å²) >= 11 is 0. The van der Waals surface area contributed by atoms with E-state index in [-0.39, 0.29) is 24.1 Å². The molecule has 2 aromatic rings. The van der Waals surface area contributed by atoms with Crippen molar-refractivity contribution >= 4 is 11.9 Å². The molecule has 0 aliphatic carbocycles. The van der Waals surface area contributed by atoms with Crippen molar-refractivity contribution in [3.63, 3.8) is 0 Å². The van der Waals surface area contributed by atoms with E-state index in [0.717, 1.165) is 6.07 Å². The first-order chi connectivity index (χ1) is 9.88. The largest absolute Gasteiger partial charge is 0.466 e. The lowest BCUT2D eigenvalue weighted by Gasteiger charge is -2.07. The Morgan fingerprint density at radius 2 is 2.14 bits per heavy atom. The Bertz CT molecular complexity index is 641. The van der Waals surface area contributed by atoms with Gasteiger partial charge in [0, 0.05) is 0 Å². The van der Waals surface area contributed by atoms with Gasteiger partial charge in [-0.2, -0.15) is 18.2 Å². The second-order valence-corrected chi connectivity index (χ2v) is 3.91. The minimum Gasteiger partial charge on any atom is -0.466 e. The molecule has 0 spiro atoms. The molecule has 0 radical (unpaired) electrons. The van der Waals surface area contributed by atoms with E-state index in [1.807, 2.05) is 0 Å². The molecule has 0 saturated heterocycles. The molecule has 2 aromatic heterocycles. The van der Waals surface area contributed by atoms with E-state index in [1.165, 1.54) is 19.2 Å². The lowest BCUT2D eigenvalue weighted by Crippen LogP contribution is -2.17. The van der Waals surface area contributed by atoms with Crippen LogP contribution in [0.15, 0.2) is 18.2 Å². The van der Waals surface area contributed by atoms with Crippen LogP contribution < -0.4 is 10.1 Å². The minimum absolute atomic E-state index is 0.00574. The van der Waals surface area contributed by atoms with Crippen LogP contribution in [-0.4, -0.2) is 33.2 Å². The number of pyridine rings is 1. The Balaban J connectivity index is 2.02. The predicted molar refractivity (Wildman–Crippen MR) is 64.5 cm³/mol. The average Bonchev–Trinajstić information content (AvgIpc) is 2.85. The van der Waals surface area contributed by atoms with E-state index in [0.29, 0.717) is 0 Å². The number of carbonyl (C=O) groups excluding carboxylic acids is 1. The van der Waals surface area contributed by atoms with E-state index in [9.17, 15) is 18.0 Å². The number of hydrogen-bond acceptors (Lipinski definition) is 5. The number of alkyl halides is 3. The van der Waals surface area contributed by atoms with Crippen molar-refractivity contribution in [2.75, 3.05) is 12.4 Å². The van der Waals surface area contributed by atoms with Crippen LogP contribution in [0, 0.1) is 0 Å². The van der Waals surface area contributed by atoms with Crippen LogP contribution in [0.5, 0.6) is 6.01 Å². The zero-order chi connectivity index (χ0) is 15.5. The summed E-state index contributed by atoms with van der Waals surface area (Å²) in [6.45, 7) is 0. The number of nitrogens with one attached hydrogen (secondary N) is 2. The van der Waals surface area contributed by atoms with Gasteiger partial charge in [0.25, 0.3) is 0 Å². The van der Waals surface area contributed by atoms with E-state index in [2.05, 4.69) is 25.5 Å². The van der Waals surface area contributed by atoms with Crippen LogP contribution in [0.2, 0.25) is 0 Å². The summed E-state index contributed by atoms with van der Waals surface area (Å²) in [4.78, 5) is 18.8. The molecule has 0 saturated carbocycles. The third kappa shape index (κ3) is 3.91. The van der Waals surface area contributed by atoms with Gasteiger partial charge in [0.15, 0.2) is 0 Å². The fraction of sp³-hybridized carbons (Fsp3) is 0.273. The Labute approximate surface area is 116 Å². The Kier molecular flexibility index (Phi) is 4.05. The van der Waals surface area contributed by atoms with Crippen molar-refractivity contribution < 1.29 is 22.7 Å². The summed E-state index contributed by atoms with van der Waals surface area (Å²) in [7, 11) is 1.35. The second kappa shape index (κ2) is 5.77. The quantitative estimate of drug-likeness (QED) is 0.890. The van der Waals surface area contributed by atoms with Gasteiger partial charge < -0.3 is 4.74 Å². The van der Waals surface area contributed by atoms with Crippen molar-refractivity contribution in [1.82, 2.24) is 20.2 Å². The topological polar surface area (TPSA) is 92.8 Å². The molecule has 112 valence electrons. The highest BCUT2D eigenvalue weighted by Crippen LogP contribution is 2.27. The average molecular weight is 301 g/mol. The molecule has 21 heavy (non-hydrogen) atoms. The number of methoxy groups -OCH3 is 1. The van der Waals surface area contributed by atoms with Gasteiger partial charge in [0.1, 0.15) is 5.69 Å². The molecular formula is C11H10F3N5O2. The van der Waals surface area contributed by atoms with Crippen LogP contribution in [0.25, 0.3) is 0 Å². The fourth-order valence-corrected chi connectivity index (χ4v) is 1.47. The third-order valence-electron chi connectivity index (χ3n) is 2.34. The first-order valence-corrected chi connectivity index (χ1v) is 5.68. The number of nitrogens with zero attached hydrogens (tertiary/aromatic N) is 3. The Morgan fingerprint density at radius 3 is 2.76 bits per heavy atom. The van der Waals surface area contributed by atoms with Crippen LogP contribution >= 0.6 is 0 Å². The van der Waals surface area contributed by atoms with Crippen LogP contribution in [0.1, 0.15) is 11.4 Å². The van der Waals surface area contributed by atoms with E-state index in [1.54, 1.807) is 0 Å². The molecule has 0 bridgehead atoms. The molecular weight excluding hydrogens is 291 g/mol. The predicted octanol–water partition coefficient (Wildman–Crippen LogP) is 1.41. The van der Waals surface area contributed by atoms with Gasteiger partial charge >= 0.3 is 12.2 Å². The Hall–Kier alpha value is -2.65. The number of ether oxygens (including phenoxy) is 1. The fourth-order valence-electron chi connectivity index (χ4n) is 1.47. The number of hydrogen-bond donors (Lipinski definition) is 2. The maximum Gasteiger partial charge on any atom is 0.433 e. The van der Waals surface area contributed by atoms with Crippen LogP contribution in [0.3, 0.4) is 0 Å². The number of amides is 1. The molecule has 0 atom stereocenters. The summed E-state index contributed by atoms with van der Waals surface area (Å²) in [6, 6.07) is 3.39. The van der Waals surface area contributed by atoms with Gasteiger partial charge in [0.2, 0.25) is 11.9 Å². The lowest BCUT2D eigenvalue weighted by molar-refractivity contribution is -0.141. The SMILES string of the molecule is COc1n[nH]c(NC(=O)Cc2cccc(C(F)(F)F)n2)n1. The molecule has 10 heteroatoms. The van der Waals surface area contributed by atoms with Crippen molar-refractivity contribution in [2.45, 2.75) is 12.6 Å². The smallest absolute Gasteiger partial charge is 0.433 e. The van der Waals surface area contributed by atoms with E-state index in [4.69, 9.17) is 4.74 Å². The molecule has 2 rings (SSSR count). The number of anilines is 1. The van der Waals surface area contributed by atoms with Gasteiger partial charge in [-0.05, 0) is 12.1 Å². The standard InChI is InChI=1S/C11H10F3N5O2/c1-21-10-17-9(18-19-10)16-8(20)5-6-3-2-4-7(15-6)11(12,13)14/h2-4H,5H2,1H3,(H2,16,17,18,19,20). The maximum atomic E-state index is 12.5. The second-order valence-electron chi connectivity index (χ2n) is 3.91. The Morgan fingerprint density at radius 1 is 1.38 bits per heavy atom.